The summed E-state index contributed by atoms with van der Waals surface area (Å²) >= 11 is 0. The summed E-state index contributed by atoms with van der Waals surface area (Å²) < 4.78 is 0. The van der Waals surface area contributed by atoms with E-state index in [1.807, 2.05) is 9.80 Å². The van der Waals surface area contributed by atoms with Gasteiger partial charge in [0.25, 0.3) is 0 Å². The summed E-state index contributed by atoms with van der Waals surface area (Å²) in [6.07, 6.45) is 4.83. The highest BCUT2D eigenvalue weighted by atomic mass is 16.4. The quantitative estimate of drug-likeness (QED) is 0.782. The van der Waals surface area contributed by atoms with E-state index in [0.717, 1.165) is 58.3 Å². The number of hydrogen-bond acceptors (Lipinski definition) is 2. The van der Waals surface area contributed by atoms with Crippen LogP contribution in [0.4, 0.5) is 4.79 Å². The summed E-state index contributed by atoms with van der Waals surface area (Å²) in [5.41, 5.74) is 0. The third-order valence-electron chi connectivity index (χ3n) is 3.91. The van der Waals surface area contributed by atoms with E-state index in [0.29, 0.717) is 5.92 Å². The van der Waals surface area contributed by atoms with Gasteiger partial charge in [0.15, 0.2) is 0 Å². The number of hydrogen-bond donors (Lipinski definition) is 1. The predicted molar refractivity (Wildman–Crippen MR) is 78.7 cm³/mol. The van der Waals surface area contributed by atoms with Crippen LogP contribution >= 0.6 is 0 Å². The number of carboxylic acids is 1. The molecule has 5 heteroatoms. The molecule has 0 saturated carbocycles. The first-order chi connectivity index (χ1) is 9.58. The van der Waals surface area contributed by atoms with Crippen molar-refractivity contribution in [1.29, 1.82) is 0 Å². The molecule has 0 aromatic heterocycles. The molecule has 1 heterocycles. The van der Waals surface area contributed by atoms with Crippen molar-refractivity contribution in [1.82, 2.24) is 9.80 Å². The van der Waals surface area contributed by atoms with Gasteiger partial charge in [-0.05, 0) is 38.0 Å². The lowest BCUT2D eigenvalue weighted by Gasteiger charge is -2.35. The van der Waals surface area contributed by atoms with Gasteiger partial charge < -0.3 is 14.9 Å². The first kappa shape index (κ1) is 16.8. The molecule has 0 spiro atoms. The van der Waals surface area contributed by atoms with Gasteiger partial charge in [-0.2, -0.15) is 0 Å². The lowest BCUT2D eigenvalue weighted by Crippen LogP contribution is -2.47. The molecular formula is C15H28N2O3. The van der Waals surface area contributed by atoms with E-state index in [4.69, 9.17) is 5.11 Å². The number of likely N-dealkylation sites (tertiary alicyclic amines) is 1. The van der Waals surface area contributed by atoms with E-state index in [9.17, 15) is 9.59 Å². The number of rotatable bonds is 7. The molecule has 0 unspecified atom stereocenters. The van der Waals surface area contributed by atoms with Crippen LogP contribution in [0.15, 0.2) is 0 Å². The standard InChI is InChI=1S/C15H28N2O3/c1-3-9-16(10-4-2)15(20)17-11-7-13(8-12-17)5-6-14(18)19/h13H,3-12H2,1-2H3,(H,18,19). The second-order valence-electron chi connectivity index (χ2n) is 5.63. The minimum atomic E-state index is -0.722. The second-order valence-corrected chi connectivity index (χ2v) is 5.63. The fourth-order valence-corrected chi connectivity index (χ4v) is 2.78. The van der Waals surface area contributed by atoms with E-state index in [2.05, 4.69) is 13.8 Å². The largest absolute Gasteiger partial charge is 0.481 e. The Morgan fingerprint density at radius 3 is 2.15 bits per heavy atom. The zero-order valence-corrected chi connectivity index (χ0v) is 12.8. The van der Waals surface area contributed by atoms with E-state index in [-0.39, 0.29) is 12.5 Å². The van der Waals surface area contributed by atoms with E-state index in [1.165, 1.54) is 0 Å². The number of urea groups is 1. The van der Waals surface area contributed by atoms with Crippen molar-refractivity contribution >= 4 is 12.0 Å². The average Bonchev–Trinajstić information content (AvgIpc) is 2.44. The summed E-state index contributed by atoms with van der Waals surface area (Å²) in [7, 11) is 0. The molecular weight excluding hydrogens is 256 g/mol. The number of amides is 2. The zero-order chi connectivity index (χ0) is 15.0. The molecule has 0 aliphatic carbocycles. The van der Waals surface area contributed by atoms with Crippen LogP contribution in [0.3, 0.4) is 0 Å². The molecule has 5 nitrogen and oxygen atoms in total. The van der Waals surface area contributed by atoms with E-state index >= 15 is 0 Å². The predicted octanol–water partition coefficient (Wildman–Crippen LogP) is 2.81. The van der Waals surface area contributed by atoms with Gasteiger partial charge in [0.2, 0.25) is 0 Å². The minimum absolute atomic E-state index is 0.158. The third kappa shape index (κ3) is 5.39. The highest BCUT2D eigenvalue weighted by Gasteiger charge is 2.25. The molecule has 1 N–H and O–H groups in total. The Hall–Kier alpha value is -1.26. The van der Waals surface area contributed by atoms with Crippen LogP contribution in [0.2, 0.25) is 0 Å². The number of carbonyl (C=O) groups is 2. The molecule has 1 fully saturated rings. The van der Waals surface area contributed by atoms with Crippen LogP contribution in [0.1, 0.15) is 52.4 Å². The molecule has 1 rings (SSSR count). The first-order valence-corrected chi connectivity index (χ1v) is 7.84. The normalized spacial score (nSPS) is 16.2. The lowest BCUT2D eigenvalue weighted by molar-refractivity contribution is -0.137. The Labute approximate surface area is 121 Å². The van der Waals surface area contributed by atoms with Crippen molar-refractivity contribution in [3.63, 3.8) is 0 Å². The number of carboxylic acid groups (broad SMARTS) is 1. The fourth-order valence-electron chi connectivity index (χ4n) is 2.78. The summed E-state index contributed by atoms with van der Waals surface area (Å²) in [5.74, 6) is -0.262. The molecule has 0 radical (unpaired) electrons. The molecule has 0 atom stereocenters. The lowest BCUT2D eigenvalue weighted by atomic mass is 9.92. The Balaban J connectivity index is 2.39. The van der Waals surface area contributed by atoms with Gasteiger partial charge in [-0.25, -0.2) is 4.79 Å². The van der Waals surface area contributed by atoms with Gasteiger partial charge in [-0.15, -0.1) is 0 Å². The highest BCUT2D eigenvalue weighted by Crippen LogP contribution is 2.22. The maximum Gasteiger partial charge on any atom is 0.319 e. The third-order valence-corrected chi connectivity index (χ3v) is 3.91. The van der Waals surface area contributed by atoms with Gasteiger partial charge in [0, 0.05) is 32.6 Å². The van der Waals surface area contributed by atoms with Gasteiger partial charge in [0.05, 0.1) is 0 Å². The van der Waals surface area contributed by atoms with Gasteiger partial charge >= 0.3 is 12.0 Å². The molecule has 1 saturated heterocycles. The first-order valence-electron chi connectivity index (χ1n) is 7.84. The maximum absolute atomic E-state index is 12.4. The van der Waals surface area contributed by atoms with Crippen LogP contribution in [-0.4, -0.2) is 53.1 Å². The van der Waals surface area contributed by atoms with Crippen LogP contribution in [0.5, 0.6) is 0 Å². The van der Waals surface area contributed by atoms with Crippen molar-refractivity contribution in [2.24, 2.45) is 5.92 Å². The molecule has 1 aliphatic rings. The van der Waals surface area contributed by atoms with Crippen molar-refractivity contribution in [2.75, 3.05) is 26.2 Å². The Bertz CT molecular complexity index is 306. The molecule has 2 amide bonds. The van der Waals surface area contributed by atoms with Crippen LogP contribution in [-0.2, 0) is 4.79 Å². The van der Waals surface area contributed by atoms with E-state index < -0.39 is 5.97 Å². The summed E-state index contributed by atoms with van der Waals surface area (Å²) in [4.78, 5) is 26.9. The molecule has 0 aromatic carbocycles. The van der Waals surface area contributed by atoms with E-state index in [1.54, 1.807) is 0 Å². The van der Waals surface area contributed by atoms with Crippen molar-refractivity contribution in [2.45, 2.75) is 52.4 Å². The number of carbonyl (C=O) groups excluding carboxylic acids is 1. The zero-order valence-electron chi connectivity index (χ0n) is 12.8. The summed E-state index contributed by atoms with van der Waals surface area (Å²) in [6, 6.07) is 0.158. The van der Waals surface area contributed by atoms with Gasteiger partial charge in [-0.1, -0.05) is 13.8 Å². The fraction of sp³-hybridized carbons (Fsp3) is 0.867. The van der Waals surface area contributed by atoms with Gasteiger partial charge in [0.1, 0.15) is 0 Å². The molecule has 0 aromatic rings. The highest BCUT2D eigenvalue weighted by molar-refractivity contribution is 5.74. The molecule has 116 valence electrons. The van der Waals surface area contributed by atoms with Crippen LogP contribution < -0.4 is 0 Å². The van der Waals surface area contributed by atoms with Crippen LogP contribution in [0.25, 0.3) is 0 Å². The monoisotopic (exact) mass is 284 g/mol. The second kappa shape index (κ2) is 8.82. The summed E-state index contributed by atoms with van der Waals surface area (Å²) in [6.45, 7) is 7.37. The van der Waals surface area contributed by atoms with Crippen LogP contribution in [0, 0.1) is 5.92 Å². The Morgan fingerprint density at radius 1 is 1.15 bits per heavy atom. The average molecular weight is 284 g/mol. The van der Waals surface area contributed by atoms with Crippen molar-refractivity contribution in [3.8, 4) is 0 Å². The molecule has 0 bridgehead atoms. The van der Waals surface area contributed by atoms with Crippen molar-refractivity contribution in [3.05, 3.63) is 0 Å². The SMILES string of the molecule is CCCN(CCC)C(=O)N1CCC(CCC(=O)O)CC1. The topological polar surface area (TPSA) is 60.9 Å². The molecule has 1 aliphatic heterocycles. The Kier molecular flexibility index (Phi) is 7.41. The van der Waals surface area contributed by atoms with Crippen molar-refractivity contribution < 1.29 is 14.7 Å². The number of nitrogens with zero attached hydrogens (tertiary/aromatic N) is 2. The number of aliphatic carboxylic acids is 1. The number of piperidine rings is 1. The Morgan fingerprint density at radius 2 is 1.70 bits per heavy atom. The minimum Gasteiger partial charge on any atom is -0.481 e. The smallest absolute Gasteiger partial charge is 0.319 e. The molecule has 20 heavy (non-hydrogen) atoms. The maximum atomic E-state index is 12.4. The van der Waals surface area contributed by atoms with Gasteiger partial charge in [-0.3, -0.25) is 4.79 Å². The summed E-state index contributed by atoms with van der Waals surface area (Å²) in [5, 5.41) is 8.70.